The number of benzene rings is 2. The molecule has 2 rings (SSSR count). The third-order valence-corrected chi connectivity index (χ3v) is 4.25. The van der Waals surface area contributed by atoms with Crippen LogP contribution >= 0.6 is 55.1 Å². The van der Waals surface area contributed by atoms with Gasteiger partial charge in [0.2, 0.25) is 0 Å². The molecule has 1 nitrogen and oxygen atoms in total. The van der Waals surface area contributed by atoms with E-state index in [-0.39, 0.29) is 16.1 Å². The van der Waals surface area contributed by atoms with Crippen LogP contribution in [0.2, 0.25) is 10.0 Å². The van der Waals surface area contributed by atoms with Crippen molar-refractivity contribution in [3.8, 4) is 0 Å². The number of hydrogen-bond donors (Lipinski definition) is 0. The summed E-state index contributed by atoms with van der Waals surface area (Å²) in [5.74, 6) is -1.12. The Hall–Kier alpha value is -0.420. The molecule has 19 heavy (non-hydrogen) atoms. The van der Waals surface area contributed by atoms with Crippen LogP contribution in [-0.2, 0) is 0 Å². The van der Waals surface area contributed by atoms with Crippen molar-refractivity contribution in [1.29, 1.82) is 0 Å². The van der Waals surface area contributed by atoms with E-state index >= 15 is 0 Å². The molecule has 2 aromatic carbocycles. The number of carbonyl (C=O) groups excluding carboxylic acids is 1. The molecule has 0 N–H and O–H groups in total. The average Bonchev–Trinajstić information content (AvgIpc) is 2.31. The Labute approximate surface area is 136 Å². The molecule has 2 aromatic rings. The second kappa shape index (κ2) is 5.92. The zero-order chi connectivity index (χ0) is 14.2. The predicted octanol–water partition coefficient (Wildman–Crippen LogP) is 5.89. The molecule has 0 aliphatic carbocycles. The first-order valence-electron chi connectivity index (χ1n) is 5.04. The van der Waals surface area contributed by atoms with Gasteiger partial charge in [-0.15, -0.1) is 0 Å². The van der Waals surface area contributed by atoms with E-state index in [4.69, 9.17) is 23.2 Å². The molecule has 0 spiro atoms. The Morgan fingerprint density at radius 3 is 2.37 bits per heavy atom. The van der Waals surface area contributed by atoms with Gasteiger partial charge in [0.15, 0.2) is 5.78 Å². The van der Waals surface area contributed by atoms with E-state index in [2.05, 4.69) is 31.9 Å². The van der Waals surface area contributed by atoms with Crippen molar-refractivity contribution in [2.45, 2.75) is 0 Å². The van der Waals surface area contributed by atoms with Gasteiger partial charge in [-0.05, 0) is 46.3 Å². The summed E-state index contributed by atoms with van der Waals surface area (Å²) in [4.78, 5) is 12.2. The minimum Gasteiger partial charge on any atom is -0.288 e. The van der Waals surface area contributed by atoms with Crippen LogP contribution in [0.4, 0.5) is 4.39 Å². The van der Waals surface area contributed by atoms with E-state index in [1.807, 2.05) is 0 Å². The van der Waals surface area contributed by atoms with E-state index in [0.717, 1.165) is 6.07 Å². The summed E-state index contributed by atoms with van der Waals surface area (Å²) >= 11 is 18.1. The first-order chi connectivity index (χ1) is 8.88. The quantitative estimate of drug-likeness (QED) is 0.432. The van der Waals surface area contributed by atoms with Crippen LogP contribution < -0.4 is 0 Å². The molecule has 0 radical (unpaired) electrons. The fourth-order valence-electron chi connectivity index (χ4n) is 1.54. The van der Waals surface area contributed by atoms with Gasteiger partial charge in [-0.25, -0.2) is 4.39 Å². The van der Waals surface area contributed by atoms with Gasteiger partial charge in [0.25, 0.3) is 0 Å². The zero-order valence-electron chi connectivity index (χ0n) is 9.18. The van der Waals surface area contributed by atoms with Crippen molar-refractivity contribution in [2.75, 3.05) is 0 Å². The Morgan fingerprint density at radius 2 is 1.74 bits per heavy atom. The van der Waals surface area contributed by atoms with Gasteiger partial charge in [-0.1, -0.05) is 39.1 Å². The van der Waals surface area contributed by atoms with Gasteiger partial charge in [0.05, 0.1) is 10.6 Å². The topological polar surface area (TPSA) is 17.1 Å². The fraction of sp³-hybridized carbons (Fsp3) is 0. The molecule has 6 heteroatoms. The highest BCUT2D eigenvalue weighted by molar-refractivity contribution is 9.10. The molecule has 0 saturated heterocycles. The van der Waals surface area contributed by atoms with Gasteiger partial charge in [-0.2, -0.15) is 0 Å². The maximum atomic E-state index is 13.8. The van der Waals surface area contributed by atoms with E-state index < -0.39 is 11.6 Å². The summed E-state index contributed by atoms with van der Waals surface area (Å²) in [6.45, 7) is 0. The molecular formula is C13H5Br2Cl2FO. The second-order valence-corrected chi connectivity index (χ2v) is 6.35. The van der Waals surface area contributed by atoms with Crippen molar-refractivity contribution >= 4 is 60.8 Å². The van der Waals surface area contributed by atoms with Crippen LogP contribution in [0.3, 0.4) is 0 Å². The molecular weight excluding hydrogens is 422 g/mol. The summed E-state index contributed by atoms with van der Waals surface area (Å²) in [6, 6.07) is 7.14. The van der Waals surface area contributed by atoms with Gasteiger partial charge < -0.3 is 0 Å². The highest BCUT2D eigenvalue weighted by atomic mass is 79.9. The third-order valence-electron chi connectivity index (χ3n) is 2.38. The van der Waals surface area contributed by atoms with Crippen molar-refractivity contribution < 1.29 is 9.18 Å². The average molecular weight is 427 g/mol. The van der Waals surface area contributed by atoms with Gasteiger partial charge in [0.1, 0.15) is 5.82 Å². The molecule has 0 fully saturated rings. The summed E-state index contributed by atoms with van der Waals surface area (Å²) in [7, 11) is 0. The zero-order valence-corrected chi connectivity index (χ0v) is 13.9. The Balaban J connectivity index is 2.53. The molecule has 0 saturated carbocycles. The minimum absolute atomic E-state index is 0.0950. The van der Waals surface area contributed by atoms with Crippen LogP contribution in [0.1, 0.15) is 15.9 Å². The molecule has 0 atom stereocenters. The minimum atomic E-state index is -0.641. The van der Waals surface area contributed by atoms with E-state index in [1.54, 1.807) is 12.1 Å². The van der Waals surface area contributed by atoms with Crippen LogP contribution in [0.25, 0.3) is 0 Å². The first-order valence-corrected chi connectivity index (χ1v) is 7.38. The number of halogens is 5. The Kier molecular flexibility index (Phi) is 4.66. The first kappa shape index (κ1) is 15.0. The molecule has 0 aromatic heterocycles. The lowest BCUT2D eigenvalue weighted by atomic mass is 10.0. The number of carbonyl (C=O) groups is 1. The molecule has 0 bridgehead atoms. The Morgan fingerprint density at radius 1 is 1.05 bits per heavy atom. The summed E-state index contributed by atoms with van der Waals surface area (Å²) in [5, 5.41) is 0.659. The van der Waals surface area contributed by atoms with Crippen LogP contribution in [0.15, 0.2) is 39.3 Å². The molecule has 0 heterocycles. The highest BCUT2D eigenvalue weighted by Crippen LogP contribution is 2.28. The van der Waals surface area contributed by atoms with E-state index in [1.165, 1.54) is 12.1 Å². The van der Waals surface area contributed by atoms with Crippen molar-refractivity contribution in [1.82, 2.24) is 0 Å². The van der Waals surface area contributed by atoms with Gasteiger partial charge in [0, 0.05) is 19.5 Å². The maximum absolute atomic E-state index is 13.8. The summed E-state index contributed by atoms with van der Waals surface area (Å²) in [6.07, 6.45) is 0. The third kappa shape index (κ3) is 3.37. The molecule has 0 amide bonds. The lowest BCUT2D eigenvalue weighted by molar-refractivity contribution is 0.103. The monoisotopic (exact) mass is 424 g/mol. The molecule has 98 valence electrons. The van der Waals surface area contributed by atoms with E-state index in [9.17, 15) is 9.18 Å². The summed E-state index contributed by atoms with van der Waals surface area (Å²) < 4.78 is 14.9. The Bertz CT molecular complexity index is 654. The largest absolute Gasteiger partial charge is 0.288 e. The lowest BCUT2D eigenvalue weighted by Gasteiger charge is -2.06. The lowest BCUT2D eigenvalue weighted by Crippen LogP contribution is -2.04. The van der Waals surface area contributed by atoms with Crippen LogP contribution in [0, 0.1) is 5.82 Å². The van der Waals surface area contributed by atoms with Gasteiger partial charge in [-0.3, -0.25) is 4.79 Å². The van der Waals surface area contributed by atoms with Crippen LogP contribution in [0.5, 0.6) is 0 Å². The highest BCUT2D eigenvalue weighted by Gasteiger charge is 2.17. The van der Waals surface area contributed by atoms with Gasteiger partial charge >= 0.3 is 0 Å². The SMILES string of the molecule is O=C(c1cc(Cl)cc(Br)c1)c1cc(Cl)c(Br)cc1F. The molecule has 0 unspecified atom stereocenters. The second-order valence-electron chi connectivity index (χ2n) is 3.73. The van der Waals surface area contributed by atoms with Crippen LogP contribution in [-0.4, -0.2) is 5.78 Å². The van der Waals surface area contributed by atoms with Crippen molar-refractivity contribution in [3.63, 3.8) is 0 Å². The van der Waals surface area contributed by atoms with Crippen molar-refractivity contribution in [3.05, 3.63) is 66.3 Å². The van der Waals surface area contributed by atoms with E-state index in [0.29, 0.717) is 14.0 Å². The summed E-state index contributed by atoms with van der Waals surface area (Å²) in [5.41, 5.74) is 0.194. The number of rotatable bonds is 2. The number of hydrogen-bond acceptors (Lipinski definition) is 1. The maximum Gasteiger partial charge on any atom is 0.196 e. The standard InChI is InChI=1S/C13H5Br2Cl2FO/c14-7-1-6(2-8(16)3-7)13(19)9-4-11(17)10(15)5-12(9)18/h1-5H. The smallest absolute Gasteiger partial charge is 0.196 e. The fourth-order valence-corrected chi connectivity index (χ4v) is 2.88. The number of ketones is 1. The predicted molar refractivity (Wildman–Crippen MR) is 81.7 cm³/mol. The van der Waals surface area contributed by atoms with Crippen molar-refractivity contribution in [2.24, 2.45) is 0 Å². The molecule has 0 aliphatic heterocycles. The molecule has 0 aliphatic rings. The normalized spacial score (nSPS) is 10.6.